The van der Waals surface area contributed by atoms with E-state index in [4.69, 9.17) is 0 Å². The Labute approximate surface area is 90.1 Å². The van der Waals surface area contributed by atoms with Crippen LogP contribution in [-0.4, -0.2) is 17.6 Å². The van der Waals surface area contributed by atoms with Crippen molar-refractivity contribution in [3.8, 4) is 0 Å². The molecule has 0 spiro atoms. The zero-order valence-corrected chi connectivity index (χ0v) is 9.37. The summed E-state index contributed by atoms with van der Waals surface area (Å²) in [6, 6.07) is 5.16. The van der Waals surface area contributed by atoms with Crippen molar-refractivity contribution in [1.29, 1.82) is 0 Å². The van der Waals surface area contributed by atoms with Crippen molar-refractivity contribution in [2.24, 2.45) is 5.41 Å². The molecule has 1 heterocycles. The molecule has 0 saturated carbocycles. The first-order chi connectivity index (χ1) is 6.97. The Hall–Kier alpha value is -1.58. The van der Waals surface area contributed by atoms with Crippen LogP contribution in [0.15, 0.2) is 24.4 Å². The van der Waals surface area contributed by atoms with E-state index in [0.717, 1.165) is 0 Å². The highest BCUT2D eigenvalue weighted by Gasteiger charge is 2.11. The molecule has 1 rings (SSSR count). The van der Waals surface area contributed by atoms with Gasteiger partial charge in [-0.1, -0.05) is 26.8 Å². The molecule has 1 aromatic heterocycles. The summed E-state index contributed by atoms with van der Waals surface area (Å²) in [5.41, 5.74) is 0.0848. The summed E-state index contributed by atoms with van der Waals surface area (Å²) in [7, 11) is 0. The summed E-state index contributed by atoms with van der Waals surface area (Å²) >= 11 is 0. The molecule has 15 heavy (non-hydrogen) atoms. The molecule has 0 atom stereocenters. The van der Waals surface area contributed by atoms with E-state index in [9.17, 15) is 4.79 Å². The first-order valence-corrected chi connectivity index (χ1v) is 4.93. The van der Waals surface area contributed by atoms with Gasteiger partial charge in [-0.3, -0.25) is 5.32 Å². The highest BCUT2D eigenvalue weighted by Crippen LogP contribution is 2.10. The van der Waals surface area contributed by atoms with Gasteiger partial charge < -0.3 is 5.32 Å². The predicted octanol–water partition coefficient (Wildman–Crippen LogP) is 2.25. The fourth-order valence-electron chi connectivity index (χ4n) is 0.943. The minimum Gasteiger partial charge on any atom is -0.337 e. The number of nitrogens with one attached hydrogen (secondary N) is 2. The van der Waals surface area contributed by atoms with Crippen LogP contribution >= 0.6 is 0 Å². The van der Waals surface area contributed by atoms with E-state index in [1.54, 1.807) is 18.3 Å². The average Bonchev–Trinajstić information content (AvgIpc) is 2.15. The molecular formula is C11H17N3O. The second kappa shape index (κ2) is 4.77. The van der Waals surface area contributed by atoms with Crippen molar-refractivity contribution in [2.75, 3.05) is 11.9 Å². The monoisotopic (exact) mass is 207 g/mol. The van der Waals surface area contributed by atoms with Crippen LogP contribution in [0, 0.1) is 5.41 Å². The topological polar surface area (TPSA) is 54.0 Å². The lowest BCUT2D eigenvalue weighted by molar-refractivity contribution is 0.247. The third kappa shape index (κ3) is 5.00. The lowest BCUT2D eigenvalue weighted by Crippen LogP contribution is -2.35. The number of urea groups is 1. The lowest BCUT2D eigenvalue weighted by atomic mass is 9.97. The minimum absolute atomic E-state index is 0.0848. The predicted molar refractivity (Wildman–Crippen MR) is 60.7 cm³/mol. The number of anilines is 1. The van der Waals surface area contributed by atoms with E-state index in [-0.39, 0.29) is 11.4 Å². The number of hydrogen-bond donors (Lipinski definition) is 2. The Morgan fingerprint density at radius 1 is 1.40 bits per heavy atom. The van der Waals surface area contributed by atoms with E-state index in [2.05, 4.69) is 36.4 Å². The highest BCUT2D eigenvalue weighted by molar-refractivity contribution is 5.88. The quantitative estimate of drug-likeness (QED) is 0.781. The van der Waals surface area contributed by atoms with Gasteiger partial charge in [0.25, 0.3) is 0 Å². The Balaban J connectivity index is 2.38. The molecule has 0 unspecified atom stereocenters. The largest absolute Gasteiger partial charge is 0.337 e. The molecule has 0 bridgehead atoms. The first-order valence-electron chi connectivity index (χ1n) is 4.93. The number of carbonyl (C=O) groups is 1. The van der Waals surface area contributed by atoms with E-state index < -0.39 is 0 Å². The van der Waals surface area contributed by atoms with E-state index in [1.807, 2.05) is 6.07 Å². The molecule has 2 amide bonds. The number of rotatable bonds is 2. The van der Waals surface area contributed by atoms with Gasteiger partial charge in [0.05, 0.1) is 0 Å². The standard InChI is InChI=1S/C11H17N3O/c1-11(2,3)8-13-10(15)14-9-6-4-5-7-12-9/h4-7H,8H2,1-3H3,(H2,12,13,14,15). The minimum atomic E-state index is -0.219. The number of carbonyl (C=O) groups excluding carboxylic acids is 1. The van der Waals surface area contributed by atoms with Gasteiger partial charge in [0.2, 0.25) is 0 Å². The van der Waals surface area contributed by atoms with Gasteiger partial charge in [0.15, 0.2) is 0 Å². The average molecular weight is 207 g/mol. The van der Waals surface area contributed by atoms with Crippen LogP contribution in [0.4, 0.5) is 10.6 Å². The number of aromatic nitrogens is 1. The molecule has 0 aromatic carbocycles. The van der Waals surface area contributed by atoms with Gasteiger partial charge in [-0.2, -0.15) is 0 Å². The zero-order valence-electron chi connectivity index (χ0n) is 9.37. The van der Waals surface area contributed by atoms with Gasteiger partial charge in [-0.15, -0.1) is 0 Å². The zero-order chi connectivity index (χ0) is 11.3. The van der Waals surface area contributed by atoms with Gasteiger partial charge in [0.1, 0.15) is 5.82 Å². The summed E-state index contributed by atoms with van der Waals surface area (Å²) < 4.78 is 0. The maximum Gasteiger partial charge on any atom is 0.320 e. The maximum atomic E-state index is 11.4. The first kappa shape index (κ1) is 11.5. The fourth-order valence-corrected chi connectivity index (χ4v) is 0.943. The van der Waals surface area contributed by atoms with Crippen LogP contribution in [-0.2, 0) is 0 Å². The molecule has 2 N–H and O–H groups in total. The SMILES string of the molecule is CC(C)(C)CNC(=O)Nc1ccccn1. The Morgan fingerprint density at radius 2 is 2.13 bits per heavy atom. The van der Waals surface area contributed by atoms with Gasteiger partial charge in [-0.05, 0) is 17.5 Å². The molecule has 4 nitrogen and oxygen atoms in total. The summed E-state index contributed by atoms with van der Waals surface area (Å²) in [6.07, 6.45) is 1.64. The normalized spacial score (nSPS) is 10.9. The molecule has 0 radical (unpaired) electrons. The van der Waals surface area contributed by atoms with Crippen LogP contribution in [0.5, 0.6) is 0 Å². The highest BCUT2D eigenvalue weighted by atomic mass is 16.2. The van der Waals surface area contributed by atoms with E-state index in [1.165, 1.54) is 0 Å². The smallest absolute Gasteiger partial charge is 0.320 e. The number of pyridine rings is 1. The van der Waals surface area contributed by atoms with Crippen molar-refractivity contribution in [1.82, 2.24) is 10.3 Å². The molecule has 0 aliphatic carbocycles. The number of amides is 2. The van der Waals surface area contributed by atoms with Crippen LogP contribution in [0.25, 0.3) is 0 Å². The van der Waals surface area contributed by atoms with E-state index >= 15 is 0 Å². The molecular weight excluding hydrogens is 190 g/mol. The molecule has 1 aromatic rings. The third-order valence-corrected chi connectivity index (χ3v) is 1.69. The van der Waals surface area contributed by atoms with Crippen LogP contribution < -0.4 is 10.6 Å². The third-order valence-electron chi connectivity index (χ3n) is 1.69. The number of nitrogens with zero attached hydrogens (tertiary/aromatic N) is 1. The van der Waals surface area contributed by atoms with Gasteiger partial charge >= 0.3 is 6.03 Å². The lowest BCUT2D eigenvalue weighted by Gasteiger charge is -2.18. The summed E-state index contributed by atoms with van der Waals surface area (Å²) in [6.45, 7) is 6.82. The van der Waals surface area contributed by atoms with Crippen LogP contribution in [0.1, 0.15) is 20.8 Å². The molecule has 82 valence electrons. The van der Waals surface area contributed by atoms with Crippen LogP contribution in [0.2, 0.25) is 0 Å². The van der Waals surface area contributed by atoms with Gasteiger partial charge in [0, 0.05) is 12.7 Å². The molecule has 0 saturated heterocycles. The second-order valence-electron chi connectivity index (χ2n) is 4.58. The van der Waals surface area contributed by atoms with E-state index in [0.29, 0.717) is 12.4 Å². The maximum absolute atomic E-state index is 11.4. The van der Waals surface area contributed by atoms with Crippen molar-refractivity contribution in [3.05, 3.63) is 24.4 Å². The van der Waals surface area contributed by atoms with Crippen molar-refractivity contribution in [3.63, 3.8) is 0 Å². The number of hydrogen-bond acceptors (Lipinski definition) is 2. The molecule has 4 heteroatoms. The summed E-state index contributed by atoms with van der Waals surface area (Å²) in [5.74, 6) is 0.559. The molecule has 0 fully saturated rings. The van der Waals surface area contributed by atoms with Crippen molar-refractivity contribution in [2.45, 2.75) is 20.8 Å². The second-order valence-corrected chi connectivity index (χ2v) is 4.58. The van der Waals surface area contributed by atoms with Crippen molar-refractivity contribution >= 4 is 11.8 Å². The van der Waals surface area contributed by atoms with Crippen molar-refractivity contribution < 1.29 is 4.79 Å². The summed E-state index contributed by atoms with van der Waals surface area (Å²) in [4.78, 5) is 15.4. The van der Waals surface area contributed by atoms with Gasteiger partial charge in [-0.25, -0.2) is 9.78 Å². The van der Waals surface area contributed by atoms with Crippen LogP contribution in [0.3, 0.4) is 0 Å². The molecule has 0 aliphatic rings. The Kier molecular flexibility index (Phi) is 3.66. The Morgan fingerprint density at radius 3 is 2.67 bits per heavy atom. The Bertz CT molecular complexity index is 316. The fraction of sp³-hybridized carbons (Fsp3) is 0.455. The summed E-state index contributed by atoms with van der Waals surface area (Å²) in [5, 5.41) is 5.43. The molecule has 0 aliphatic heterocycles.